The van der Waals surface area contributed by atoms with E-state index in [0.29, 0.717) is 30.5 Å². The summed E-state index contributed by atoms with van der Waals surface area (Å²) >= 11 is 0. The molecule has 0 atom stereocenters. The van der Waals surface area contributed by atoms with Gasteiger partial charge in [0.1, 0.15) is 17.3 Å². The molecule has 2 heterocycles. The van der Waals surface area contributed by atoms with Crippen LogP contribution in [0.15, 0.2) is 24.3 Å². The molecular weight excluding hydrogens is 383 g/mol. The molecule has 1 saturated carbocycles. The van der Waals surface area contributed by atoms with Crippen LogP contribution in [-0.2, 0) is 12.1 Å². The summed E-state index contributed by atoms with van der Waals surface area (Å²) in [5.41, 5.74) is 2.05. The number of carbonyl (C=O) groups is 1. The highest BCUT2D eigenvalue weighted by Crippen LogP contribution is 2.49. The first-order valence-electron chi connectivity index (χ1n) is 10.4. The number of hydrogen-bond acceptors (Lipinski definition) is 6. The van der Waals surface area contributed by atoms with E-state index in [9.17, 15) is 9.18 Å². The van der Waals surface area contributed by atoms with Crippen molar-refractivity contribution in [2.45, 2.75) is 44.8 Å². The molecule has 7 nitrogen and oxygen atoms in total. The lowest BCUT2D eigenvalue weighted by molar-refractivity contribution is 0.0726. The molecule has 2 aromatic rings. The quantitative estimate of drug-likeness (QED) is 0.694. The minimum atomic E-state index is -0.273. The molecule has 0 spiro atoms. The third kappa shape index (κ3) is 3.96. The van der Waals surface area contributed by atoms with Gasteiger partial charge >= 0.3 is 0 Å². The molecule has 1 aromatic heterocycles. The predicted octanol–water partition coefficient (Wildman–Crippen LogP) is 3.05. The molecule has 1 aliphatic carbocycles. The van der Waals surface area contributed by atoms with Gasteiger partial charge in [0.2, 0.25) is 5.95 Å². The zero-order valence-electron chi connectivity index (χ0n) is 18.0. The topological polar surface area (TPSA) is 73.4 Å². The molecule has 0 radical (unpaired) electrons. The van der Waals surface area contributed by atoms with Gasteiger partial charge in [0.05, 0.1) is 12.1 Å². The van der Waals surface area contributed by atoms with Crippen LogP contribution in [0.2, 0.25) is 0 Å². The van der Waals surface area contributed by atoms with Crippen LogP contribution in [0.25, 0.3) is 0 Å². The predicted molar refractivity (Wildman–Crippen MR) is 115 cm³/mol. The maximum Gasteiger partial charge on any atom is 0.273 e. The summed E-state index contributed by atoms with van der Waals surface area (Å²) in [5.74, 6) is 0.827. The van der Waals surface area contributed by atoms with Gasteiger partial charge in [-0.15, -0.1) is 0 Å². The molecule has 8 heteroatoms. The number of fused-ring (bicyclic) bond motifs is 1. The number of benzene rings is 1. The summed E-state index contributed by atoms with van der Waals surface area (Å²) in [5, 5.41) is 6.82. The van der Waals surface area contributed by atoms with Crippen LogP contribution in [0.4, 0.5) is 16.2 Å². The van der Waals surface area contributed by atoms with E-state index in [-0.39, 0.29) is 23.3 Å². The van der Waals surface area contributed by atoms with Crippen LogP contribution in [0, 0.1) is 5.82 Å². The van der Waals surface area contributed by atoms with Crippen molar-refractivity contribution in [3.8, 4) is 0 Å². The van der Waals surface area contributed by atoms with Crippen LogP contribution < -0.4 is 10.6 Å². The number of hydrogen-bond donors (Lipinski definition) is 2. The Kier molecular flexibility index (Phi) is 5.36. The Labute approximate surface area is 176 Å². The maximum absolute atomic E-state index is 13.4. The first-order chi connectivity index (χ1) is 14.3. The number of aromatic nitrogens is 2. The van der Waals surface area contributed by atoms with E-state index in [0.717, 1.165) is 30.5 Å². The van der Waals surface area contributed by atoms with Crippen LogP contribution in [0.1, 0.15) is 48.3 Å². The van der Waals surface area contributed by atoms with Crippen LogP contribution in [0.5, 0.6) is 0 Å². The SMILES string of the molecule is CC(C)N1Cc2c(NC3(c4ccc(F)cc4)CC3)nc(NCCN(C)C)nc2C1=O. The zero-order chi connectivity index (χ0) is 21.5. The Balaban J connectivity index is 1.66. The van der Waals surface area contributed by atoms with Crippen molar-refractivity contribution in [1.82, 2.24) is 19.8 Å². The third-order valence-electron chi connectivity index (χ3n) is 5.77. The van der Waals surface area contributed by atoms with Crippen LogP contribution in [-0.4, -0.2) is 58.9 Å². The highest BCUT2D eigenvalue weighted by Gasteiger charge is 2.46. The van der Waals surface area contributed by atoms with Crippen molar-refractivity contribution >= 4 is 17.7 Å². The molecule has 160 valence electrons. The first kappa shape index (κ1) is 20.5. The van der Waals surface area contributed by atoms with Crippen molar-refractivity contribution in [3.63, 3.8) is 0 Å². The van der Waals surface area contributed by atoms with Crippen molar-refractivity contribution < 1.29 is 9.18 Å². The molecule has 30 heavy (non-hydrogen) atoms. The molecule has 0 unspecified atom stereocenters. The number of nitrogens with one attached hydrogen (secondary N) is 2. The lowest BCUT2D eigenvalue weighted by Gasteiger charge is -2.22. The molecule has 1 fully saturated rings. The molecular formula is C22H29FN6O. The number of nitrogens with zero attached hydrogens (tertiary/aromatic N) is 4. The normalized spacial score (nSPS) is 16.9. The minimum absolute atomic E-state index is 0.0623. The van der Waals surface area contributed by atoms with Gasteiger partial charge in [0.25, 0.3) is 5.91 Å². The number of anilines is 2. The second-order valence-corrected chi connectivity index (χ2v) is 8.69. The number of halogens is 1. The Bertz CT molecular complexity index is 939. The van der Waals surface area contributed by atoms with Gasteiger partial charge in [-0.1, -0.05) is 12.1 Å². The summed E-state index contributed by atoms with van der Waals surface area (Å²) in [4.78, 5) is 26.1. The van der Waals surface area contributed by atoms with Crippen molar-refractivity contribution in [2.24, 2.45) is 0 Å². The minimum Gasteiger partial charge on any atom is -0.360 e. The van der Waals surface area contributed by atoms with E-state index < -0.39 is 0 Å². The van der Waals surface area contributed by atoms with Gasteiger partial charge in [0.15, 0.2) is 0 Å². The summed E-state index contributed by atoms with van der Waals surface area (Å²) in [6.07, 6.45) is 1.87. The smallest absolute Gasteiger partial charge is 0.273 e. The molecule has 1 aromatic carbocycles. The second-order valence-electron chi connectivity index (χ2n) is 8.69. The van der Waals surface area contributed by atoms with Gasteiger partial charge in [0, 0.05) is 24.7 Å². The largest absolute Gasteiger partial charge is 0.360 e. The fourth-order valence-corrected chi connectivity index (χ4v) is 3.79. The lowest BCUT2D eigenvalue weighted by Crippen LogP contribution is -2.31. The molecule has 0 bridgehead atoms. The summed E-state index contributed by atoms with van der Waals surface area (Å²) in [7, 11) is 4.00. The molecule has 0 saturated heterocycles. The third-order valence-corrected chi connectivity index (χ3v) is 5.77. The van der Waals surface area contributed by atoms with E-state index in [1.165, 1.54) is 12.1 Å². The summed E-state index contributed by atoms with van der Waals surface area (Å²) < 4.78 is 13.4. The van der Waals surface area contributed by atoms with Crippen molar-refractivity contribution in [2.75, 3.05) is 37.8 Å². The molecule has 1 aliphatic heterocycles. The van der Waals surface area contributed by atoms with E-state index in [2.05, 4.69) is 20.5 Å². The Morgan fingerprint density at radius 1 is 1.20 bits per heavy atom. The fraction of sp³-hybridized carbons (Fsp3) is 0.500. The molecule has 2 N–H and O–H groups in total. The van der Waals surface area contributed by atoms with E-state index in [4.69, 9.17) is 4.98 Å². The summed E-state index contributed by atoms with van der Waals surface area (Å²) in [6, 6.07) is 6.69. The van der Waals surface area contributed by atoms with Crippen LogP contribution in [0.3, 0.4) is 0 Å². The lowest BCUT2D eigenvalue weighted by atomic mass is 10.0. The molecule has 4 rings (SSSR count). The van der Waals surface area contributed by atoms with Gasteiger partial charge in [-0.05, 0) is 58.5 Å². The van der Waals surface area contributed by atoms with Gasteiger partial charge in [-0.3, -0.25) is 4.79 Å². The Hall–Kier alpha value is -2.74. The zero-order valence-corrected chi connectivity index (χ0v) is 18.0. The van der Waals surface area contributed by atoms with Gasteiger partial charge < -0.3 is 20.4 Å². The Morgan fingerprint density at radius 3 is 2.50 bits per heavy atom. The van der Waals surface area contributed by atoms with Crippen LogP contribution >= 0.6 is 0 Å². The van der Waals surface area contributed by atoms with Crippen molar-refractivity contribution in [1.29, 1.82) is 0 Å². The monoisotopic (exact) mass is 412 g/mol. The summed E-state index contributed by atoms with van der Waals surface area (Å²) in [6.45, 7) is 6.00. The standard InChI is InChI=1S/C22H29FN6O/c1-14(2)29-13-17-18(20(29)30)25-21(24-11-12-28(3)4)26-19(17)27-22(9-10-22)15-5-7-16(23)8-6-15/h5-8,14H,9-13H2,1-4H3,(H2,24,25,26,27). The van der Waals surface area contributed by atoms with Gasteiger partial charge in [-0.25, -0.2) is 9.37 Å². The second kappa shape index (κ2) is 7.83. The number of amides is 1. The fourth-order valence-electron chi connectivity index (χ4n) is 3.79. The first-order valence-corrected chi connectivity index (χ1v) is 10.4. The Morgan fingerprint density at radius 2 is 1.90 bits per heavy atom. The highest BCUT2D eigenvalue weighted by atomic mass is 19.1. The number of carbonyl (C=O) groups excluding carboxylic acids is 1. The maximum atomic E-state index is 13.4. The average molecular weight is 413 g/mol. The number of likely N-dealkylation sites (N-methyl/N-ethyl adjacent to an activating group) is 1. The van der Waals surface area contributed by atoms with Crippen molar-refractivity contribution in [3.05, 3.63) is 46.9 Å². The van der Waals surface area contributed by atoms with E-state index in [1.807, 2.05) is 45.0 Å². The van der Waals surface area contributed by atoms with Gasteiger partial charge in [-0.2, -0.15) is 4.98 Å². The van der Waals surface area contributed by atoms with E-state index >= 15 is 0 Å². The average Bonchev–Trinajstić information content (AvgIpc) is 3.39. The molecule has 1 amide bonds. The number of rotatable bonds is 8. The highest BCUT2D eigenvalue weighted by molar-refractivity contribution is 5.98. The molecule has 2 aliphatic rings. The van der Waals surface area contributed by atoms with E-state index in [1.54, 1.807) is 0 Å².